The minimum absolute atomic E-state index is 1.03. The summed E-state index contributed by atoms with van der Waals surface area (Å²) < 4.78 is 0. The third-order valence-electron chi connectivity index (χ3n) is 18.7. The maximum Gasteiger partial charge on any atom is -0.00140 e. The van der Waals surface area contributed by atoms with Gasteiger partial charge in [0.1, 0.15) is 0 Å². The first-order valence-corrected chi connectivity index (χ1v) is 32.7. The summed E-state index contributed by atoms with van der Waals surface area (Å²) in [6, 6.07) is 74.2. The Bertz CT molecular complexity index is 4810. The Kier molecular flexibility index (Phi) is 15.0. The van der Waals surface area contributed by atoms with Gasteiger partial charge in [-0.25, -0.2) is 0 Å². The zero-order chi connectivity index (χ0) is 59.7. The van der Waals surface area contributed by atoms with Crippen LogP contribution in [-0.2, 0) is 25.7 Å². The topological polar surface area (TPSA) is 0 Å². The number of fused-ring (bicyclic) bond motifs is 12. The first-order valence-electron chi connectivity index (χ1n) is 32.7. The molecule has 0 unspecified atom stereocenters. The van der Waals surface area contributed by atoms with Gasteiger partial charge in [0.05, 0.1) is 0 Å². The molecule has 18 aromatic carbocycles. The molecule has 0 aliphatic carbocycles. The van der Waals surface area contributed by atoms with Crippen molar-refractivity contribution in [3.63, 3.8) is 0 Å². The van der Waals surface area contributed by atoms with E-state index in [0.717, 1.165) is 25.7 Å². The van der Waals surface area contributed by atoms with E-state index in [0.29, 0.717) is 0 Å². The minimum atomic E-state index is 1.03. The Balaban J connectivity index is 0.000000139. The van der Waals surface area contributed by atoms with Gasteiger partial charge in [-0.1, -0.05) is 290 Å². The molecule has 0 bridgehead atoms. The summed E-state index contributed by atoms with van der Waals surface area (Å²) in [6.07, 6.45) is 6.62. The zero-order valence-corrected chi connectivity index (χ0v) is 52.7. The summed E-state index contributed by atoms with van der Waals surface area (Å²) in [7, 11) is 0. The fourth-order valence-electron chi connectivity index (χ4n) is 15.7. The van der Waals surface area contributed by atoms with E-state index in [9.17, 15) is 0 Å². The van der Waals surface area contributed by atoms with Gasteiger partial charge in [0.2, 0.25) is 0 Å². The Hall–Kier alpha value is -8.84. The van der Waals surface area contributed by atoms with Crippen LogP contribution in [0.2, 0.25) is 0 Å². The van der Waals surface area contributed by atoms with Gasteiger partial charge in [0, 0.05) is 0 Å². The molecule has 0 heteroatoms. The van der Waals surface area contributed by atoms with Crippen LogP contribution in [0.3, 0.4) is 0 Å². The van der Waals surface area contributed by atoms with Gasteiger partial charge in [-0.2, -0.15) is 0 Å². The van der Waals surface area contributed by atoms with Crippen LogP contribution in [0.5, 0.6) is 0 Å². The van der Waals surface area contributed by atoms with Gasteiger partial charge in [0.15, 0.2) is 0 Å². The molecule has 0 atom stereocenters. The molecule has 0 aliphatic heterocycles. The Labute approximate surface area is 507 Å². The number of hydrogen-bond acceptors (Lipinski definition) is 0. The Morgan fingerprint density at radius 2 is 0.267 bits per heavy atom. The second kappa shape index (κ2) is 22.9. The van der Waals surface area contributed by atoms with Gasteiger partial charge < -0.3 is 0 Å². The lowest BCUT2D eigenvalue weighted by atomic mass is 9.81. The lowest BCUT2D eigenvalue weighted by molar-refractivity contribution is 1.09. The number of aryl methyl sites for hydroxylation is 4. The maximum atomic E-state index is 2.41. The van der Waals surface area contributed by atoms with Crippen LogP contribution in [0.4, 0.5) is 0 Å². The summed E-state index contributed by atoms with van der Waals surface area (Å²) in [4.78, 5) is 0. The Morgan fingerprint density at radius 1 is 0.151 bits per heavy atom. The van der Waals surface area contributed by atoms with E-state index >= 15 is 0 Å². The van der Waals surface area contributed by atoms with Crippen molar-refractivity contribution in [2.24, 2.45) is 0 Å². The minimum Gasteiger partial charge on any atom is -0.0683 e. The molecular weight excluding hydrogens is 1030 g/mol. The number of hydrogen-bond donors (Lipinski definition) is 0. The van der Waals surface area contributed by atoms with Crippen LogP contribution in [0.15, 0.2) is 194 Å². The second-order valence-corrected chi connectivity index (χ2v) is 23.2. The molecule has 0 saturated carbocycles. The summed E-state index contributed by atoms with van der Waals surface area (Å²) in [5.41, 5.74) is 5.86. The van der Waals surface area contributed by atoms with Crippen LogP contribution < -0.4 is 0 Å². The van der Waals surface area contributed by atoms with Crippen molar-refractivity contribution < 1.29 is 0 Å². The molecule has 0 saturated heterocycles. The zero-order valence-electron chi connectivity index (χ0n) is 52.7. The van der Waals surface area contributed by atoms with E-state index in [1.807, 2.05) is 27.7 Å². The smallest absolute Gasteiger partial charge is 0.00140 e. The maximum absolute atomic E-state index is 2.41. The fourth-order valence-corrected chi connectivity index (χ4v) is 15.7. The van der Waals surface area contributed by atoms with E-state index in [-0.39, 0.29) is 0 Å². The molecule has 0 nitrogen and oxygen atoms in total. The van der Waals surface area contributed by atoms with Gasteiger partial charge in [-0.3, -0.25) is 0 Å². The molecule has 18 aromatic rings. The van der Waals surface area contributed by atoms with Gasteiger partial charge in [-0.15, -0.1) is 0 Å². The second-order valence-electron chi connectivity index (χ2n) is 23.2. The van der Waals surface area contributed by atoms with Gasteiger partial charge in [0.25, 0.3) is 0 Å². The van der Waals surface area contributed by atoms with Gasteiger partial charge in [-0.05, 0) is 220 Å². The van der Waals surface area contributed by atoms with Crippen LogP contribution in [0, 0.1) is 0 Å². The molecular formula is C86H80. The average Bonchev–Trinajstić information content (AvgIpc) is 0.715. The molecule has 0 amide bonds. The quantitative estimate of drug-likeness (QED) is 0.122. The van der Waals surface area contributed by atoms with E-state index in [1.54, 1.807) is 0 Å². The largest absolute Gasteiger partial charge is 0.0683 e. The van der Waals surface area contributed by atoms with Crippen molar-refractivity contribution in [3.8, 4) is 0 Å². The van der Waals surface area contributed by atoms with Crippen LogP contribution in [-0.4, -0.2) is 0 Å². The molecule has 0 N–H and O–H groups in total. The highest BCUT2D eigenvalue weighted by Crippen LogP contribution is 2.52. The molecule has 18 rings (SSSR count). The van der Waals surface area contributed by atoms with E-state index in [4.69, 9.17) is 0 Å². The monoisotopic (exact) mass is 1110 g/mol. The predicted octanol–water partition coefficient (Wildman–Crippen LogP) is 26.7. The van der Waals surface area contributed by atoms with Crippen LogP contribution in [0.1, 0.15) is 118 Å². The van der Waals surface area contributed by atoms with E-state index < -0.39 is 0 Å². The standard InChI is InChI=1S/2C38H26.2C3H8.2C2H6/c1-3-21-23-9-5-7-11-25(23)29-15-19-33-32-18-14-28-22(4-2)24-10-6-8-12-26(24)30-16-20-34(38(32)36(28)30)31-17-13-27(21)35(29)37(31)33;1-3-21-23-9-5-7-11-25(23)29-15-19-33-34-20-16-30-26-12-8-6-10-24(26)22(4-2)28-14-18-32(38(34)36(28)30)31-17-13-27(21)35(29)37(31)33;2*1-3-2;2*1-2/h2*5-20H,3-4H2,1-2H3;2*3H2,1-2H3;2*1-2H3. The van der Waals surface area contributed by atoms with Crippen molar-refractivity contribution in [2.45, 2.75) is 122 Å². The molecule has 0 spiro atoms. The van der Waals surface area contributed by atoms with Gasteiger partial charge >= 0.3 is 0 Å². The van der Waals surface area contributed by atoms with Crippen LogP contribution in [0.25, 0.3) is 172 Å². The first-order chi connectivity index (χ1) is 42.4. The predicted molar refractivity (Wildman–Crippen MR) is 390 cm³/mol. The van der Waals surface area contributed by atoms with Crippen molar-refractivity contribution in [3.05, 3.63) is 216 Å². The number of rotatable bonds is 4. The molecule has 0 fully saturated rings. The van der Waals surface area contributed by atoms with Crippen LogP contribution >= 0.6 is 0 Å². The molecule has 0 radical (unpaired) electrons. The lowest BCUT2D eigenvalue weighted by Gasteiger charge is -2.22. The summed E-state index contributed by atoms with van der Waals surface area (Å²) >= 11 is 0. The van der Waals surface area contributed by atoms with E-state index in [2.05, 4.69) is 250 Å². The van der Waals surface area contributed by atoms with Crippen molar-refractivity contribution in [1.29, 1.82) is 0 Å². The average molecular weight is 1110 g/mol. The summed E-state index contributed by atoms with van der Waals surface area (Å²) in [5.74, 6) is 0. The molecule has 0 aliphatic rings. The van der Waals surface area contributed by atoms with Crippen molar-refractivity contribution in [2.75, 3.05) is 0 Å². The van der Waals surface area contributed by atoms with Crippen molar-refractivity contribution >= 4 is 172 Å². The third-order valence-corrected chi connectivity index (χ3v) is 18.7. The summed E-state index contributed by atoms with van der Waals surface area (Å²) in [6.45, 7) is 25.7. The SMILES string of the molecule is CC.CC.CCC.CCC.CCc1c2ccccc2c2ccc3c4ccc5c(CC)c6ccccc6c6ccc(c7ccc1c2c73)c4c56.CCc1c2ccccc2c2ccc3c4ccc5c6ccccc6c(CC)c6ccc(c7ccc1c2c73)c4c65. The van der Waals surface area contributed by atoms with E-state index in [1.165, 1.54) is 207 Å². The van der Waals surface area contributed by atoms with Crippen molar-refractivity contribution in [1.82, 2.24) is 0 Å². The number of benzene rings is 18. The molecule has 0 aromatic heterocycles. The highest BCUT2D eigenvalue weighted by Gasteiger charge is 2.24. The molecule has 86 heavy (non-hydrogen) atoms. The third kappa shape index (κ3) is 8.01. The molecule has 0 heterocycles. The summed E-state index contributed by atoms with van der Waals surface area (Å²) in [5, 5.41) is 44.6. The lowest BCUT2D eigenvalue weighted by Crippen LogP contribution is -1.95. The molecule has 424 valence electrons. The fraction of sp³-hybridized carbons (Fsp3) is 0.209. The first kappa shape index (κ1) is 56.3. The highest BCUT2D eigenvalue weighted by atomic mass is 14.3. The normalized spacial score (nSPS) is 11.8. The highest BCUT2D eigenvalue weighted by molar-refractivity contribution is 6.45. The Morgan fingerprint density at radius 3 is 0.419 bits per heavy atom.